The van der Waals surface area contributed by atoms with Crippen molar-refractivity contribution >= 4 is 6.03 Å². The van der Waals surface area contributed by atoms with Crippen molar-refractivity contribution < 1.29 is 9.53 Å². The Bertz CT molecular complexity index is 612. The van der Waals surface area contributed by atoms with Crippen molar-refractivity contribution in [3.63, 3.8) is 0 Å². The second-order valence-corrected chi connectivity index (χ2v) is 6.72. The molecule has 0 radical (unpaired) electrons. The van der Waals surface area contributed by atoms with Crippen LogP contribution in [0, 0.1) is 19.8 Å². The summed E-state index contributed by atoms with van der Waals surface area (Å²) < 4.78 is 5.86. The SMILES string of the molecule is Cc1cc(C)c(CNC(=O)NCCO[C@H]2CCCC[C@@H]2C)c(=O)[nH]1. The predicted octanol–water partition coefficient (Wildman–Crippen LogP) is 2.39. The Hall–Kier alpha value is -1.82. The molecule has 1 fully saturated rings. The first-order valence-corrected chi connectivity index (χ1v) is 8.80. The first kappa shape index (κ1) is 18.5. The van der Waals surface area contributed by atoms with E-state index in [1.165, 1.54) is 19.3 Å². The molecule has 3 N–H and O–H groups in total. The normalized spacial score (nSPS) is 20.6. The number of rotatable bonds is 6. The molecule has 1 aliphatic rings. The van der Waals surface area contributed by atoms with Gasteiger partial charge < -0.3 is 20.4 Å². The van der Waals surface area contributed by atoms with E-state index in [1.54, 1.807) is 0 Å². The molecule has 1 aromatic heterocycles. The van der Waals surface area contributed by atoms with E-state index in [2.05, 4.69) is 22.5 Å². The van der Waals surface area contributed by atoms with E-state index in [0.29, 0.717) is 30.7 Å². The maximum atomic E-state index is 11.9. The molecule has 2 atom stereocenters. The van der Waals surface area contributed by atoms with E-state index in [0.717, 1.165) is 17.7 Å². The lowest BCUT2D eigenvalue weighted by Crippen LogP contribution is -2.39. The van der Waals surface area contributed by atoms with Crippen molar-refractivity contribution in [1.82, 2.24) is 15.6 Å². The van der Waals surface area contributed by atoms with Gasteiger partial charge in [-0.3, -0.25) is 4.79 Å². The third-order valence-corrected chi connectivity index (χ3v) is 4.67. The Morgan fingerprint density at radius 3 is 2.75 bits per heavy atom. The van der Waals surface area contributed by atoms with Gasteiger partial charge in [0.25, 0.3) is 5.56 Å². The zero-order valence-electron chi connectivity index (χ0n) is 14.9. The van der Waals surface area contributed by atoms with Crippen molar-refractivity contribution in [2.75, 3.05) is 13.2 Å². The van der Waals surface area contributed by atoms with Gasteiger partial charge >= 0.3 is 6.03 Å². The number of ether oxygens (including phenoxy) is 1. The van der Waals surface area contributed by atoms with E-state index >= 15 is 0 Å². The van der Waals surface area contributed by atoms with Crippen LogP contribution in [0.25, 0.3) is 0 Å². The maximum absolute atomic E-state index is 11.9. The summed E-state index contributed by atoms with van der Waals surface area (Å²) in [4.78, 5) is 26.5. The molecule has 6 heteroatoms. The molecule has 2 amide bonds. The van der Waals surface area contributed by atoms with Crippen LogP contribution in [-0.2, 0) is 11.3 Å². The predicted molar refractivity (Wildman–Crippen MR) is 94.1 cm³/mol. The number of amides is 2. The molecule has 0 unspecified atom stereocenters. The first-order chi connectivity index (χ1) is 11.5. The van der Waals surface area contributed by atoms with Gasteiger partial charge in [-0.2, -0.15) is 0 Å². The Balaban J connectivity index is 1.68. The molecule has 1 aliphatic carbocycles. The van der Waals surface area contributed by atoms with Gasteiger partial charge in [-0.1, -0.05) is 19.8 Å². The zero-order chi connectivity index (χ0) is 17.5. The highest BCUT2D eigenvalue weighted by Crippen LogP contribution is 2.25. The fourth-order valence-electron chi connectivity index (χ4n) is 3.24. The molecule has 24 heavy (non-hydrogen) atoms. The standard InChI is InChI=1S/C18H29N3O3/c1-12-6-4-5-7-16(12)24-9-8-19-18(23)20-11-15-13(2)10-14(3)21-17(15)22/h10,12,16H,4-9,11H2,1-3H3,(H,21,22)(H2,19,20,23)/t12-,16-/m0/s1. The highest BCUT2D eigenvalue weighted by atomic mass is 16.5. The van der Waals surface area contributed by atoms with Crippen molar-refractivity contribution in [2.24, 2.45) is 5.92 Å². The molecule has 0 spiro atoms. The number of urea groups is 1. The number of hydrogen-bond donors (Lipinski definition) is 3. The zero-order valence-corrected chi connectivity index (χ0v) is 14.9. The lowest BCUT2D eigenvalue weighted by Gasteiger charge is -2.28. The van der Waals surface area contributed by atoms with Crippen molar-refractivity contribution in [2.45, 2.75) is 59.1 Å². The van der Waals surface area contributed by atoms with Gasteiger partial charge in [0, 0.05) is 17.8 Å². The summed E-state index contributed by atoms with van der Waals surface area (Å²) in [7, 11) is 0. The number of aromatic nitrogens is 1. The van der Waals surface area contributed by atoms with Crippen LogP contribution < -0.4 is 16.2 Å². The molecule has 1 saturated carbocycles. The van der Waals surface area contributed by atoms with Crippen molar-refractivity contribution in [1.29, 1.82) is 0 Å². The summed E-state index contributed by atoms with van der Waals surface area (Å²) >= 11 is 0. The fraction of sp³-hybridized carbons (Fsp3) is 0.667. The molecule has 1 aromatic rings. The number of aromatic amines is 1. The van der Waals surface area contributed by atoms with Crippen LogP contribution in [0.3, 0.4) is 0 Å². The smallest absolute Gasteiger partial charge is 0.315 e. The second kappa shape index (κ2) is 8.87. The summed E-state index contributed by atoms with van der Waals surface area (Å²) in [5.41, 5.74) is 2.14. The molecule has 134 valence electrons. The molecular weight excluding hydrogens is 306 g/mol. The molecular formula is C18H29N3O3. The molecule has 0 bridgehead atoms. The lowest BCUT2D eigenvalue weighted by atomic mass is 9.88. The van der Waals surface area contributed by atoms with Crippen LogP contribution in [-0.4, -0.2) is 30.3 Å². The highest BCUT2D eigenvalue weighted by molar-refractivity contribution is 5.73. The summed E-state index contributed by atoms with van der Waals surface area (Å²) in [5.74, 6) is 0.601. The summed E-state index contributed by atoms with van der Waals surface area (Å²) in [6.07, 6.45) is 5.18. The topological polar surface area (TPSA) is 83.2 Å². The third-order valence-electron chi connectivity index (χ3n) is 4.67. The molecule has 0 aliphatic heterocycles. The van der Waals surface area contributed by atoms with Crippen LogP contribution in [0.5, 0.6) is 0 Å². The van der Waals surface area contributed by atoms with E-state index in [-0.39, 0.29) is 18.1 Å². The van der Waals surface area contributed by atoms with Crippen LogP contribution in [0.1, 0.15) is 49.4 Å². The van der Waals surface area contributed by atoms with E-state index in [1.807, 2.05) is 19.9 Å². The van der Waals surface area contributed by atoms with Crippen LogP contribution in [0.4, 0.5) is 4.79 Å². The monoisotopic (exact) mass is 335 g/mol. The van der Waals surface area contributed by atoms with Crippen molar-refractivity contribution in [3.05, 3.63) is 33.2 Å². The number of aryl methyl sites for hydroxylation is 2. The number of hydrogen-bond acceptors (Lipinski definition) is 3. The molecule has 2 rings (SSSR count). The van der Waals surface area contributed by atoms with E-state index in [9.17, 15) is 9.59 Å². The number of H-pyrrole nitrogens is 1. The minimum atomic E-state index is -0.283. The summed E-state index contributed by atoms with van der Waals surface area (Å²) in [6.45, 7) is 7.14. The largest absolute Gasteiger partial charge is 0.376 e. The van der Waals surface area contributed by atoms with Crippen LogP contribution >= 0.6 is 0 Å². The summed E-state index contributed by atoms with van der Waals surface area (Å²) in [5, 5.41) is 5.49. The Labute approximate surface area is 143 Å². The number of carbonyl (C=O) groups excluding carboxylic acids is 1. The van der Waals surface area contributed by atoms with E-state index in [4.69, 9.17) is 4.74 Å². The van der Waals surface area contributed by atoms with Crippen molar-refractivity contribution in [3.8, 4) is 0 Å². The summed E-state index contributed by atoms with van der Waals surface area (Å²) in [6, 6.07) is 1.62. The molecule has 6 nitrogen and oxygen atoms in total. The molecule has 1 heterocycles. The van der Waals surface area contributed by atoms with Gasteiger partial charge in [-0.25, -0.2) is 4.79 Å². The average molecular weight is 335 g/mol. The molecule has 0 aromatic carbocycles. The fourth-order valence-corrected chi connectivity index (χ4v) is 3.24. The minimum Gasteiger partial charge on any atom is -0.376 e. The Morgan fingerprint density at radius 2 is 2.04 bits per heavy atom. The van der Waals surface area contributed by atoms with Gasteiger partial charge in [0.05, 0.1) is 19.3 Å². The minimum absolute atomic E-state index is 0.151. The van der Waals surface area contributed by atoms with Crippen LogP contribution in [0.2, 0.25) is 0 Å². The quantitative estimate of drug-likeness (QED) is 0.698. The average Bonchev–Trinajstić information content (AvgIpc) is 2.52. The first-order valence-electron chi connectivity index (χ1n) is 8.80. The Morgan fingerprint density at radius 1 is 1.29 bits per heavy atom. The van der Waals surface area contributed by atoms with Gasteiger partial charge in [-0.15, -0.1) is 0 Å². The number of nitrogens with one attached hydrogen (secondary N) is 3. The number of carbonyl (C=O) groups is 1. The van der Waals surface area contributed by atoms with Gasteiger partial charge in [0.1, 0.15) is 0 Å². The number of pyridine rings is 1. The van der Waals surface area contributed by atoms with Gasteiger partial charge in [0.2, 0.25) is 0 Å². The van der Waals surface area contributed by atoms with Gasteiger partial charge in [0.15, 0.2) is 0 Å². The highest BCUT2D eigenvalue weighted by Gasteiger charge is 2.21. The lowest BCUT2D eigenvalue weighted by molar-refractivity contribution is -0.00243. The second-order valence-electron chi connectivity index (χ2n) is 6.72. The Kier molecular flexibility index (Phi) is 6.85. The maximum Gasteiger partial charge on any atom is 0.315 e. The molecule has 0 saturated heterocycles. The van der Waals surface area contributed by atoms with Crippen LogP contribution in [0.15, 0.2) is 10.9 Å². The van der Waals surface area contributed by atoms with E-state index < -0.39 is 0 Å². The third kappa shape index (κ3) is 5.37. The van der Waals surface area contributed by atoms with Gasteiger partial charge in [-0.05, 0) is 44.2 Å².